The number of ether oxygens (including phenoxy) is 1. The Morgan fingerprint density at radius 1 is 1.00 bits per heavy atom. The summed E-state index contributed by atoms with van der Waals surface area (Å²) >= 11 is 0. The number of aliphatic imine (C=N–C) groups is 1. The minimum absolute atomic E-state index is 0.0783. The standard InChI is InChI=1S/C27H25FN4O2/c28-23-13-11-21(12-14-23)19-30-25(33)27(22-7-3-1-4-8-22)15-17-32(18-16-27)26(31-20-29)34-24-9-5-2-6-10-24/h1-14H,15-19H2,(H,30,33)/b31-26-. The maximum Gasteiger partial charge on any atom is 0.308 e. The average molecular weight is 457 g/mol. The number of benzene rings is 3. The summed E-state index contributed by atoms with van der Waals surface area (Å²) in [7, 11) is 0. The molecule has 1 heterocycles. The van der Waals surface area contributed by atoms with Crippen LogP contribution in [0.25, 0.3) is 0 Å². The maximum atomic E-state index is 13.5. The van der Waals surface area contributed by atoms with E-state index in [-0.39, 0.29) is 17.7 Å². The van der Waals surface area contributed by atoms with E-state index < -0.39 is 5.41 Å². The molecule has 0 atom stereocenters. The molecule has 1 amide bonds. The van der Waals surface area contributed by atoms with E-state index in [1.54, 1.807) is 24.3 Å². The summed E-state index contributed by atoms with van der Waals surface area (Å²) in [4.78, 5) is 19.3. The minimum Gasteiger partial charge on any atom is -0.425 e. The molecule has 1 fully saturated rings. The fourth-order valence-corrected chi connectivity index (χ4v) is 4.23. The fraction of sp³-hybridized carbons (Fsp3) is 0.222. The number of nitriles is 1. The quantitative estimate of drug-likeness (QED) is 0.351. The summed E-state index contributed by atoms with van der Waals surface area (Å²) in [6, 6.07) is 25.2. The highest BCUT2D eigenvalue weighted by Gasteiger charge is 2.43. The van der Waals surface area contributed by atoms with Crippen molar-refractivity contribution in [2.24, 2.45) is 4.99 Å². The van der Waals surface area contributed by atoms with Crippen molar-refractivity contribution in [3.8, 4) is 11.9 Å². The maximum absolute atomic E-state index is 13.5. The van der Waals surface area contributed by atoms with Crippen LogP contribution >= 0.6 is 0 Å². The Hall–Kier alpha value is -4.18. The third-order valence-electron chi connectivity index (χ3n) is 6.11. The molecule has 0 aromatic heterocycles. The number of carbonyl (C=O) groups is 1. The van der Waals surface area contributed by atoms with Gasteiger partial charge in [0.05, 0.1) is 5.41 Å². The molecule has 0 spiro atoms. The Labute approximate surface area is 198 Å². The van der Waals surface area contributed by atoms with Crippen LogP contribution in [-0.2, 0) is 16.8 Å². The number of hydrogen-bond acceptors (Lipinski definition) is 4. The number of nitrogens with zero attached hydrogens (tertiary/aromatic N) is 3. The second-order valence-corrected chi connectivity index (χ2v) is 8.15. The van der Waals surface area contributed by atoms with E-state index in [9.17, 15) is 14.4 Å². The van der Waals surface area contributed by atoms with Gasteiger partial charge in [-0.3, -0.25) is 4.79 Å². The molecule has 1 N–H and O–H groups in total. The zero-order valence-electron chi connectivity index (χ0n) is 18.7. The average Bonchev–Trinajstić information content (AvgIpc) is 2.89. The van der Waals surface area contributed by atoms with Crippen LogP contribution in [0.5, 0.6) is 5.75 Å². The minimum atomic E-state index is -0.734. The molecule has 1 saturated heterocycles. The molecule has 4 rings (SSSR count). The topological polar surface area (TPSA) is 77.7 Å². The Morgan fingerprint density at radius 2 is 1.62 bits per heavy atom. The lowest BCUT2D eigenvalue weighted by atomic mass is 9.72. The number of carbonyl (C=O) groups excluding carboxylic acids is 1. The summed E-state index contributed by atoms with van der Waals surface area (Å²) in [6.45, 7) is 1.30. The van der Waals surface area contributed by atoms with Gasteiger partial charge in [-0.15, -0.1) is 4.99 Å². The van der Waals surface area contributed by atoms with Gasteiger partial charge in [-0.2, -0.15) is 5.26 Å². The second-order valence-electron chi connectivity index (χ2n) is 8.15. The fourth-order valence-electron chi connectivity index (χ4n) is 4.23. The number of rotatable bonds is 5. The van der Waals surface area contributed by atoms with E-state index in [4.69, 9.17) is 4.74 Å². The normalized spacial score (nSPS) is 15.3. The van der Waals surface area contributed by atoms with Crippen molar-refractivity contribution in [2.75, 3.05) is 13.1 Å². The Morgan fingerprint density at radius 3 is 2.24 bits per heavy atom. The van der Waals surface area contributed by atoms with Gasteiger partial charge in [0.25, 0.3) is 0 Å². The van der Waals surface area contributed by atoms with Crippen molar-refractivity contribution in [3.05, 3.63) is 102 Å². The molecule has 0 saturated carbocycles. The molecule has 0 radical (unpaired) electrons. The van der Waals surface area contributed by atoms with Crippen LogP contribution < -0.4 is 10.1 Å². The van der Waals surface area contributed by atoms with E-state index in [0.717, 1.165) is 11.1 Å². The number of para-hydroxylation sites is 1. The zero-order valence-corrected chi connectivity index (χ0v) is 18.7. The first kappa shape index (κ1) is 23.0. The number of halogens is 1. The first-order valence-corrected chi connectivity index (χ1v) is 11.1. The van der Waals surface area contributed by atoms with Crippen LogP contribution in [0.2, 0.25) is 0 Å². The van der Waals surface area contributed by atoms with Gasteiger partial charge >= 0.3 is 6.02 Å². The van der Waals surface area contributed by atoms with E-state index >= 15 is 0 Å². The molecule has 1 aliphatic heterocycles. The lowest BCUT2D eigenvalue weighted by Gasteiger charge is -2.41. The molecule has 0 aliphatic carbocycles. The lowest BCUT2D eigenvalue weighted by molar-refractivity contribution is -0.128. The Balaban J connectivity index is 1.51. The van der Waals surface area contributed by atoms with Crippen molar-refractivity contribution in [2.45, 2.75) is 24.8 Å². The number of likely N-dealkylation sites (tertiary alicyclic amines) is 1. The summed E-state index contributed by atoms with van der Waals surface area (Å²) in [5.74, 6) is 0.203. The van der Waals surface area contributed by atoms with Gasteiger partial charge in [-0.05, 0) is 48.2 Å². The van der Waals surface area contributed by atoms with Crippen molar-refractivity contribution in [1.82, 2.24) is 10.2 Å². The van der Waals surface area contributed by atoms with Crippen molar-refractivity contribution in [3.63, 3.8) is 0 Å². The van der Waals surface area contributed by atoms with Gasteiger partial charge in [0, 0.05) is 19.6 Å². The number of amides is 1. The summed E-state index contributed by atoms with van der Waals surface area (Å²) in [6.07, 6.45) is 2.86. The van der Waals surface area contributed by atoms with Crippen LogP contribution in [0.1, 0.15) is 24.0 Å². The van der Waals surface area contributed by atoms with Crippen LogP contribution in [0.3, 0.4) is 0 Å². The lowest BCUT2D eigenvalue weighted by Crippen LogP contribution is -2.53. The molecular formula is C27H25FN4O2. The molecule has 0 unspecified atom stereocenters. The molecule has 3 aromatic rings. The highest BCUT2D eigenvalue weighted by molar-refractivity contribution is 5.89. The van der Waals surface area contributed by atoms with Gasteiger partial charge in [0.2, 0.25) is 12.1 Å². The van der Waals surface area contributed by atoms with Crippen LogP contribution in [0.4, 0.5) is 4.39 Å². The van der Waals surface area contributed by atoms with Crippen LogP contribution in [0, 0.1) is 17.3 Å². The predicted molar refractivity (Wildman–Crippen MR) is 127 cm³/mol. The second kappa shape index (κ2) is 10.6. The van der Waals surface area contributed by atoms with Crippen molar-refractivity contribution >= 4 is 11.9 Å². The molecule has 1 aliphatic rings. The van der Waals surface area contributed by atoms with Crippen LogP contribution in [0.15, 0.2) is 89.9 Å². The zero-order chi connectivity index (χ0) is 23.8. The van der Waals surface area contributed by atoms with E-state index in [1.165, 1.54) is 12.1 Å². The Bertz CT molecular complexity index is 1170. The molecule has 34 heavy (non-hydrogen) atoms. The van der Waals surface area contributed by atoms with Gasteiger partial charge in [0.15, 0.2) is 0 Å². The first-order valence-electron chi connectivity index (χ1n) is 11.1. The van der Waals surface area contributed by atoms with E-state index in [0.29, 0.717) is 38.2 Å². The monoisotopic (exact) mass is 456 g/mol. The smallest absolute Gasteiger partial charge is 0.308 e. The molecule has 0 bridgehead atoms. The largest absolute Gasteiger partial charge is 0.425 e. The predicted octanol–water partition coefficient (Wildman–Crippen LogP) is 4.39. The van der Waals surface area contributed by atoms with Gasteiger partial charge < -0.3 is 15.0 Å². The highest BCUT2D eigenvalue weighted by atomic mass is 19.1. The number of piperidine rings is 1. The van der Waals surface area contributed by atoms with Gasteiger partial charge in [0.1, 0.15) is 11.6 Å². The van der Waals surface area contributed by atoms with Crippen LogP contribution in [-0.4, -0.2) is 29.9 Å². The summed E-state index contributed by atoms with van der Waals surface area (Å²) in [5, 5.41) is 12.2. The number of hydrogen-bond donors (Lipinski definition) is 1. The van der Waals surface area contributed by atoms with Crippen molar-refractivity contribution in [1.29, 1.82) is 5.26 Å². The molecule has 172 valence electrons. The third-order valence-corrected chi connectivity index (χ3v) is 6.11. The molecule has 6 nitrogen and oxygen atoms in total. The molecule has 7 heteroatoms. The van der Waals surface area contributed by atoms with Gasteiger partial charge in [-0.1, -0.05) is 60.7 Å². The summed E-state index contributed by atoms with van der Waals surface area (Å²) < 4.78 is 19.1. The van der Waals surface area contributed by atoms with E-state index in [1.807, 2.05) is 59.6 Å². The van der Waals surface area contributed by atoms with E-state index in [2.05, 4.69) is 10.3 Å². The Kier molecular flexibility index (Phi) is 7.19. The molecular weight excluding hydrogens is 431 g/mol. The number of amidine groups is 1. The summed E-state index contributed by atoms with van der Waals surface area (Å²) in [5.41, 5.74) is 1.03. The first-order chi connectivity index (χ1) is 16.6. The molecule has 3 aromatic carbocycles. The third kappa shape index (κ3) is 5.24. The SMILES string of the molecule is N#C/N=C(\Oc1ccccc1)N1CCC(C(=O)NCc2ccc(F)cc2)(c2ccccc2)CC1. The highest BCUT2D eigenvalue weighted by Crippen LogP contribution is 2.36. The van der Waals surface area contributed by atoms with Gasteiger partial charge in [-0.25, -0.2) is 4.39 Å². The van der Waals surface area contributed by atoms with Crippen molar-refractivity contribution < 1.29 is 13.9 Å². The number of nitrogens with one attached hydrogen (secondary N) is 1.